The monoisotopic (exact) mass is 562 g/mol. The van der Waals surface area contributed by atoms with Gasteiger partial charge in [0.05, 0.1) is 11.8 Å². The number of pyridine rings is 1. The highest BCUT2D eigenvalue weighted by molar-refractivity contribution is 7.90. The van der Waals surface area contributed by atoms with E-state index >= 15 is 0 Å². The van der Waals surface area contributed by atoms with Crippen LogP contribution >= 0.6 is 13.5 Å². The van der Waals surface area contributed by atoms with Gasteiger partial charge in [-0.2, -0.15) is 21.9 Å². The summed E-state index contributed by atoms with van der Waals surface area (Å²) in [5.74, 6) is 0.388. The molecule has 3 aliphatic rings. The smallest absolute Gasteiger partial charge is 0.281 e. The first kappa shape index (κ1) is 28.5. The summed E-state index contributed by atoms with van der Waals surface area (Å²) < 4.78 is 34.7. The van der Waals surface area contributed by atoms with Crippen LogP contribution in [0.15, 0.2) is 41.4 Å². The number of piperidine rings is 1. The van der Waals surface area contributed by atoms with Gasteiger partial charge in [-0.3, -0.25) is 4.79 Å². The molecule has 0 spiro atoms. The van der Waals surface area contributed by atoms with Gasteiger partial charge < -0.3 is 19.6 Å². The molecule has 3 heterocycles. The number of benzene rings is 1. The fraction of sp³-hybridized carbons (Fsp3) is 0.556. The predicted octanol–water partition coefficient (Wildman–Crippen LogP) is 3.12. The Balaban J connectivity index is 0.00000336. The van der Waals surface area contributed by atoms with Crippen LogP contribution in [0.2, 0.25) is 0 Å². The summed E-state index contributed by atoms with van der Waals surface area (Å²) in [5, 5.41) is 9.57. The summed E-state index contributed by atoms with van der Waals surface area (Å²) in [4.78, 5) is 21.6. The fourth-order valence-corrected chi connectivity index (χ4v) is 5.97. The highest BCUT2D eigenvalue weighted by atomic mass is 32.2. The Morgan fingerprint density at radius 3 is 2.42 bits per heavy atom. The quantitative estimate of drug-likeness (QED) is 0.530. The van der Waals surface area contributed by atoms with Gasteiger partial charge in [0.1, 0.15) is 11.6 Å². The van der Waals surface area contributed by atoms with Crippen LogP contribution in [0, 0.1) is 12.3 Å². The summed E-state index contributed by atoms with van der Waals surface area (Å²) in [6.45, 7) is 9.31. The highest BCUT2D eigenvalue weighted by Gasteiger charge is 2.54. The van der Waals surface area contributed by atoms with E-state index in [0.717, 1.165) is 37.2 Å². The van der Waals surface area contributed by atoms with Gasteiger partial charge in [0.25, 0.3) is 15.9 Å². The molecule has 1 amide bonds. The van der Waals surface area contributed by atoms with Crippen LogP contribution in [-0.4, -0.2) is 62.3 Å². The Kier molecular flexibility index (Phi) is 7.94. The number of hydrogen-bond acceptors (Lipinski definition) is 8. The van der Waals surface area contributed by atoms with Crippen molar-refractivity contribution in [3.63, 3.8) is 0 Å². The second kappa shape index (κ2) is 10.6. The Morgan fingerprint density at radius 1 is 1.08 bits per heavy atom. The number of sulfonamides is 1. The van der Waals surface area contributed by atoms with Gasteiger partial charge in [-0.1, -0.05) is 26.0 Å². The molecule has 0 bridgehead atoms. The molecular formula is C27H38N4O5S2. The zero-order chi connectivity index (χ0) is 26.4. The third-order valence-corrected chi connectivity index (χ3v) is 8.93. The minimum absolute atomic E-state index is 0. The molecular weight excluding hydrogens is 524 g/mol. The number of anilines is 2. The third-order valence-electron chi connectivity index (χ3n) is 7.69. The summed E-state index contributed by atoms with van der Waals surface area (Å²) in [6, 6.07) is 10.6. The number of aryl methyl sites for hydroxylation is 1. The predicted molar refractivity (Wildman–Crippen MR) is 152 cm³/mol. The lowest BCUT2D eigenvalue weighted by atomic mass is 9.82. The van der Waals surface area contributed by atoms with Crippen LogP contribution in [0.1, 0.15) is 51.5 Å². The topological polar surface area (TPSA) is 112 Å². The van der Waals surface area contributed by atoms with Crippen LogP contribution in [0.4, 0.5) is 11.5 Å². The Bertz CT molecular complexity index is 1290. The van der Waals surface area contributed by atoms with E-state index < -0.39 is 27.6 Å². The molecule has 0 radical (unpaired) electrons. The van der Waals surface area contributed by atoms with Crippen molar-refractivity contribution in [3.05, 3.63) is 42.0 Å². The molecule has 2 aromatic rings. The molecule has 1 aliphatic carbocycles. The van der Waals surface area contributed by atoms with Gasteiger partial charge in [0.2, 0.25) is 0 Å². The van der Waals surface area contributed by atoms with Gasteiger partial charge in [-0.15, -0.1) is 0 Å². The van der Waals surface area contributed by atoms with Crippen molar-refractivity contribution in [2.45, 2.75) is 69.6 Å². The SMILES string of the molecule is Cc1ccc(N2CCC(C)(C)CC2)c(OC2(C(=O)NS(=O)(=O)c3cccc(N4CC[C@H](O)C4)n3)CC2)c1.S. The van der Waals surface area contributed by atoms with E-state index in [-0.39, 0.29) is 18.5 Å². The average Bonchev–Trinajstić information content (AvgIpc) is 3.50. The molecule has 0 unspecified atom stereocenters. The second-order valence-electron chi connectivity index (χ2n) is 11.4. The zero-order valence-electron chi connectivity index (χ0n) is 22.2. The number of hydrogen-bond donors (Lipinski definition) is 2. The van der Waals surface area contributed by atoms with Crippen molar-refractivity contribution in [1.82, 2.24) is 9.71 Å². The van der Waals surface area contributed by atoms with Crippen LogP contribution in [0.3, 0.4) is 0 Å². The van der Waals surface area contributed by atoms with Gasteiger partial charge in [-0.25, -0.2) is 9.71 Å². The first-order chi connectivity index (χ1) is 17.5. The van der Waals surface area contributed by atoms with E-state index in [1.165, 1.54) is 6.07 Å². The van der Waals surface area contributed by atoms with E-state index in [9.17, 15) is 18.3 Å². The van der Waals surface area contributed by atoms with E-state index in [1.54, 1.807) is 12.1 Å². The number of aliphatic hydroxyl groups excluding tert-OH is 1. The van der Waals surface area contributed by atoms with Gasteiger partial charge in [0.15, 0.2) is 10.6 Å². The number of amides is 1. The number of carbonyl (C=O) groups excluding carboxylic acids is 1. The van der Waals surface area contributed by atoms with Gasteiger partial charge >= 0.3 is 0 Å². The first-order valence-electron chi connectivity index (χ1n) is 13.0. The first-order valence-corrected chi connectivity index (χ1v) is 14.5. The summed E-state index contributed by atoms with van der Waals surface area (Å²) in [6.07, 6.45) is 3.14. The molecule has 9 nitrogen and oxygen atoms in total. The largest absolute Gasteiger partial charge is 0.475 e. The number of nitrogens with zero attached hydrogens (tertiary/aromatic N) is 3. The van der Waals surface area contributed by atoms with E-state index in [2.05, 4.69) is 28.5 Å². The molecule has 38 heavy (non-hydrogen) atoms. The number of carbonyl (C=O) groups is 1. The number of rotatable bonds is 7. The highest BCUT2D eigenvalue weighted by Crippen LogP contribution is 2.45. The molecule has 1 aromatic heterocycles. The lowest BCUT2D eigenvalue weighted by molar-refractivity contribution is -0.127. The number of β-amino-alcohol motifs (C(OH)–C–C–N with tert-alkyl or cyclic N) is 1. The summed E-state index contributed by atoms with van der Waals surface area (Å²) in [5.41, 5.74) is 1.02. The fourth-order valence-electron chi connectivity index (χ4n) is 4.96. The molecule has 2 N–H and O–H groups in total. The molecule has 1 atom stereocenters. The summed E-state index contributed by atoms with van der Waals surface area (Å²) >= 11 is 0. The molecule has 11 heteroatoms. The van der Waals surface area contributed by atoms with Crippen molar-refractivity contribution >= 4 is 40.9 Å². The maximum absolute atomic E-state index is 13.3. The van der Waals surface area contributed by atoms with Gasteiger partial charge in [0, 0.05) is 39.0 Å². The molecule has 1 saturated carbocycles. The Hall–Kier alpha value is -2.50. The molecule has 208 valence electrons. The number of aromatic nitrogens is 1. The maximum atomic E-state index is 13.3. The van der Waals surface area contributed by atoms with Crippen molar-refractivity contribution in [2.75, 3.05) is 36.0 Å². The number of nitrogens with one attached hydrogen (secondary N) is 1. The molecule has 2 aliphatic heterocycles. The number of aliphatic hydroxyl groups is 1. The maximum Gasteiger partial charge on any atom is 0.281 e. The Labute approximate surface area is 232 Å². The molecule has 3 fully saturated rings. The minimum Gasteiger partial charge on any atom is -0.475 e. The van der Waals surface area contributed by atoms with Crippen LogP contribution in [0.5, 0.6) is 5.75 Å². The van der Waals surface area contributed by atoms with E-state index in [0.29, 0.717) is 49.3 Å². The van der Waals surface area contributed by atoms with E-state index in [4.69, 9.17) is 4.74 Å². The van der Waals surface area contributed by atoms with Crippen molar-refractivity contribution < 1.29 is 23.1 Å². The van der Waals surface area contributed by atoms with Crippen LogP contribution in [-0.2, 0) is 14.8 Å². The van der Waals surface area contributed by atoms with Crippen LogP contribution in [0.25, 0.3) is 0 Å². The van der Waals surface area contributed by atoms with E-state index in [1.807, 2.05) is 30.0 Å². The Morgan fingerprint density at radius 2 is 1.79 bits per heavy atom. The number of ether oxygens (including phenoxy) is 1. The summed E-state index contributed by atoms with van der Waals surface area (Å²) in [7, 11) is -4.20. The normalized spacial score (nSPS) is 21.9. The van der Waals surface area contributed by atoms with Crippen molar-refractivity contribution in [1.29, 1.82) is 0 Å². The minimum atomic E-state index is -4.20. The second-order valence-corrected chi connectivity index (χ2v) is 13.0. The standard InChI is InChI=1S/C27H36N4O5S.H2S/c1-19-7-8-21(30-15-12-26(2,3)13-16-30)22(17-19)36-27(10-11-27)25(33)29-37(34,35)24-6-4-5-23(28-24)31-14-9-20(32)18-31;/h4-8,17,20,32H,9-16,18H2,1-3H3,(H,29,33);1H2/t20-;/m0./s1. The molecule has 1 aromatic carbocycles. The van der Waals surface area contributed by atoms with Crippen molar-refractivity contribution in [3.8, 4) is 5.75 Å². The lowest BCUT2D eigenvalue weighted by Gasteiger charge is -2.39. The zero-order valence-corrected chi connectivity index (χ0v) is 24.1. The van der Waals surface area contributed by atoms with Crippen molar-refractivity contribution in [2.24, 2.45) is 5.41 Å². The van der Waals surface area contributed by atoms with Crippen LogP contribution < -0.4 is 19.3 Å². The lowest BCUT2D eigenvalue weighted by Crippen LogP contribution is -2.44. The molecule has 5 rings (SSSR count). The third kappa shape index (κ3) is 6.05. The average molecular weight is 563 g/mol. The molecule has 2 saturated heterocycles. The van der Waals surface area contributed by atoms with Gasteiger partial charge in [-0.05, 0) is 61.4 Å².